The maximum Gasteiger partial charge on any atom is 0.252 e. The van der Waals surface area contributed by atoms with Crippen LogP contribution in [0.3, 0.4) is 0 Å². The van der Waals surface area contributed by atoms with Crippen LogP contribution in [0.25, 0.3) is 0 Å². The molecule has 0 aliphatic heterocycles. The van der Waals surface area contributed by atoms with Crippen molar-refractivity contribution in [1.29, 1.82) is 0 Å². The van der Waals surface area contributed by atoms with Gasteiger partial charge in [0.25, 0.3) is 5.91 Å². The zero-order chi connectivity index (χ0) is 20.8. The summed E-state index contributed by atoms with van der Waals surface area (Å²) in [5, 5.41) is 6.22. The van der Waals surface area contributed by atoms with Crippen LogP contribution >= 0.6 is 23.2 Å². The highest BCUT2D eigenvalue weighted by Gasteiger charge is 2.32. The zero-order valence-electron chi connectivity index (χ0n) is 15.7. The number of likely N-dealkylation sites (N-methyl/N-ethyl adjacent to an activating group) is 1. The molecule has 1 atom stereocenters. The lowest BCUT2D eigenvalue weighted by atomic mass is 9.84. The molecule has 2 N–H and O–H groups in total. The molecule has 0 unspecified atom stereocenters. The SMILES string of the molecule is CNC(=O)[C@@H](NC(=O)c1cc(Cl)cc(Cl)c1)C(c1ccccc1)c1ccccc1. The Morgan fingerprint density at radius 3 is 1.72 bits per heavy atom. The number of benzene rings is 3. The molecule has 3 aromatic carbocycles. The van der Waals surface area contributed by atoms with E-state index in [0.717, 1.165) is 11.1 Å². The highest BCUT2D eigenvalue weighted by Crippen LogP contribution is 2.29. The third-order valence-corrected chi connectivity index (χ3v) is 5.03. The molecule has 29 heavy (non-hydrogen) atoms. The summed E-state index contributed by atoms with van der Waals surface area (Å²) in [5.74, 6) is -1.11. The molecule has 2 amide bonds. The van der Waals surface area contributed by atoms with E-state index < -0.39 is 11.9 Å². The average molecular weight is 427 g/mol. The Kier molecular flexibility index (Phi) is 6.91. The number of carbonyl (C=O) groups is 2. The van der Waals surface area contributed by atoms with E-state index in [1.165, 1.54) is 12.1 Å². The van der Waals surface area contributed by atoms with E-state index in [1.54, 1.807) is 13.1 Å². The minimum atomic E-state index is -0.838. The Morgan fingerprint density at radius 1 is 0.793 bits per heavy atom. The maximum absolute atomic E-state index is 12.9. The minimum absolute atomic E-state index is 0.288. The molecule has 0 aromatic heterocycles. The van der Waals surface area contributed by atoms with Gasteiger partial charge in [-0.05, 0) is 29.3 Å². The number of rotatable bonds is 6. The smallest absolute Gasteiger partial charge is 0.252 e. The van der Waals surface area contributed by atoms with Crippen molar-refractivity contribution >= 4 is 35.0 Å². The molecular formula is C23H20Cl2N2O2. The summed E-state index contributed by atoms with van der Waals surface area (Å²) in [5.41, 5.74) is 2.12. The van der Waals surface area contributed by atoms with Crippen molar-refractivity contribution in [3.05, 3.63) is 106 Å². The molecule has 4 nitrogen and oxygen atoms in total. The van der Waals surface area contributed by atoms with Crippen LogP contribution in [0, 0.1) is 0 Å². The van der Waals surface area contributed by atoms with E-state index in [1.807, 2.05) is 60.7 Å². The third-order valence-electron chi connectivity index (χ3n) is 4.59. The third kappa shape index (κ3) is 5.17. The van der Waals surface area contributed by atoms with Gasteiger partial charge in [0.2, 0.25) is 5.91 Å². The summed E-state index contributed by atoms with van der Waals surface area (Å²) >= 11 is 12.1. The molecule has 0 aliphatic rings. The fourth-order valence-electron chi connectivity index (χ4n) is 3.26. The summed E-state index contributed by atoms with van der Waals surface area (Å²) < 4.78 is 0. The van der Waals surface area contributed by atoms with E-state index in [4.69, 9.17) is 23.2 Å². The van der Waals surface area contributed by atoms with Crippen molar-refractivity contribution in [2.75, 3.05) is 7.05 Å². The highest BCUT2D eigenvalue weighted by atomic mass is 35.5. The van der Waals surface area contributed by atoms with Gasteiger partial charge in [0.15, 0.2) is 0 Å². The largest absolute Gasteiger partial charge is 0.357 e. The minimum Gasteiger partial charge on any atom is -0.357 e. The first-order valence-corrected chi connectivity index (χ1v) is 9.83. The first-order chi connectivity index (χ1) is 14.0. The summed E-state index contributed by atoms with van der Waals surface area (Å²) in [6.45, 7) is 0. The van der Waals surface area contributed by atoms with Gasteiger partial charge in [0, 0.05) is 28.6 Å². The number of nitrogens with one attached hydrogen (secondary N) is 2. The number of halogens is 2. The number of hydrogen-bond donors (Lipinski definition) is 2. The van der Waals surface area contributed by atoms with Crippen LogP contribution in [0.5, 0.6) is 0 Å². The van der Waals surface area contributed by atoms with Crippen LogP contribution in [0.4, 0.5) is 0 Å². The zero-order valence-corrected chi connectivity index (χ0v) is 17.2. The van der Waals surface area contributed by atoms with Gasteiger partial charge in [-0.15, -0.1) is 0 Å². The van der Waals surface area contributed by atoms with Crippen LogP contribution in [-0.2, 0) is 4.79 Å². The predicted molar refractivity (Wildman–Crippen MR) is 117 cm³/mol. The van der Waals surface area contributed by atoms with Crippen molar-refractivity contribution < 1.29 is 9.59 Å². The molecule has 0 saturated carbocycles. The quantitative estimate of drug-likeness (QED) is 0.601. The van der Waals surface area contributed by atoms with E-state index in [0.29, 0.717) is 10.0 Å². The lowest BCUT2D eigenvalue weighted by Gasteiger charge is -2.28. The monoisotopic (exact) mass is 426 g/mol. The highest BCUT2D eigenvalue weighted by molar-refractivity contribution is 6.35. The average Bonchev–Trinajstić information content (AvgIpc) is 2.73. The summed E-state index contributed by atoms with van der Waals surface area (Å²) in [4.78, 5) is 25.8. The summed E-state index contributed by atoms with van der Waals surface area (Å²) in [6, 6.07) is 23.0. The second-order valence-corrected chi connectivity index (χ2v) is 7.40. The van der Waals surface area contributed by atoms with Crippen LogP contribution in [0.2, 0.25) is 10.0 Å². The molecule has 3 aromatic rings. The van der Waals surface area contributed by atoms with Crippen LogP contribution in [0.1, 0.15) is 27.4 Å². The molecule has 0 fully saturated rings. The standard InChI is InChI=1S/C23H20Cl2N2O2/c1-26-23(29)21(27-22(28)17-12-18(24)14-19(25)13-17)20(15-8-4-2-5-9-15)16-10-6-3-7-11-16/h2-14,20-21H,1H3,(H,26,29)(H,27,28)/t21-/m0/s1. The van der Waals surface area contributed by atoms with E-state index in [2.05, 4.69) is 10.6 Å². The van der Waals surface area contributed by atoms with Crippen molar-refractivity contribution in [3.8, 4) is 0 Å². The molecule has 0 heterocycles. The second kappa shape index (κ2) is 9.59. The van der Waals surface area contributed by atoms with Crippen molar-refractivity contribution in [2.24, 2.45) is 0 Å². The molecular weight excluding hydrogens is 407 g/mol. The van der Waals surface area contributed by atoms with Crippen molar-refractivity contribution in [1.82, 2.24) is 10.6 Å². The molecule has 6 heteroatoms. The van der Waals surface area contributed by atoms with Crippen LogP contribution in [0.15, 0.2) is 78.9 Å². The van der Waals surface area contributed by atoms with Crippen LogP contribution < -0.4 is 10.6 Å². The van der Waals surface area contributed by atoms with Gasteiger partial charge in [-0.2, -0.15) is 0 Å². The number of carbonyl (C=O) groups excluding carboxylic acids is 2. The topological polar surface area (TPSA) is 58.2 Å². The Balaban J connectivity index is 2.02. The normalized spacial score (nSPS) is 11.7. The maximum atomic E-state index is 12.9. The van der Waals surface area contributed by atoms with Gasteiger partial charge in [-0.1, -0.05) is 83.9 Å². The Labute approximate surface area is 179 Å². The molecule has 0 spiro atoms. The molecule has 0 bridgehead atoms. The van der Waals surface area contributed by atoms with Crippen molar-refractivity contribution in [3.63, 3.8) is 0 Å². The first kappa shape index (κ1) is 20.9. The lowest BCUT2D eigenvalue weighted by molar-refractivity contribution is -0.122. The van der Waals surface area contributed by atoms with Gasteiger partial charge < -0.3 is 10.6 Å². The fraction of sp³-hybridized carbons (Fsp3) is 0.130. The molecule has 3 rings (SSSR count). The molecule has 148 valence electrons. The van der Waals surface area contributed by atoms with Gasteiger partial charge in [-0.3, -0.25) is 9.59 Å². The number of hydrogen-bond acceptors (Lipinski definition) is 2. The fourth-order valence-corrected chi connectivity index (χ4v) is 3.79. The predicted octanol–water partition coefficient (Wildman–Crippen LogP) is 4.67. The van der Waals surface area contributed by atoms with Crippen molar-refractivity contribution in [2.45, 2.75) is 12.0 Å². The Hall–Kier alpha value is -2.82. The van der Waals surface area contributed by atoms with Gasteiger partial charge >= 0.3 is 0 Å². The first-order valence-electron chi connectivity index (χ1n) is 9.08. The Bertz CT molecular complexity index is 935. The van der Waals surface area contributed by atoms with Gasteiger partial charge in [0.1, 0.15) is 6.04 Å². The lowest BCUT2D eigenvalue weighted by Crippen LogP contribution is -2.49. The summed E-state index contributed by atoms with van der Waals surface area (Å²) in [6.07, 6.45) is 0. The second-order valence-electron chi connectivity index (χ2n) is 6.52. The van der Waals surface area contributed by atoms with E-state index in [9.17, 15) is 9.59 Å². The Morgan fingerprint density at radius 2 is 1.28 bits per heavy atom. The van der Waals surface area contributed by atoms with E-state index in [-0.39, 0.29) is 17.4 Å². The number of amides is 2. The van der Waals surface area contributed by atoms with Gasteiger partial charge in [-0.25, -0.2) is 0 Å². The molecule has 0 aliphatic carbocycles. The molecule has 0 saturated heterocycles. The summed E-state index contributed by atoms with van der Waals surface area (Å²) in [7, 11) is 1.55. The molecule has 0 radical (unpaired) electrons. The van der Waals surface area contributed by atoms with Gasteiger partial charge in [0.05, 0.1) is 0 Å². The van der Waals surface area contributed by atoms with E-state index >= 15 is 0 Å². The van der Waals surface area contributed by atoms with Crippen LogP contribution in [-0.4, -0.2) is 24.9 Å².